The number of amides is 2. The number of piperidine rings is 1. The minimum absolute atomic E-state index is 0.0111. The molecule has 7 heteroatoms. The minimum Gasteiger partial charge on any atom is -0.489 e. The van der Waals surface area contributed by atoms with Crippen LogP contribution in [0.3, 0.4) is 0 Å². The van der Waals surface area contributed by atoms with Crippen LogP contribution in [0, 0.1) is 5.92 Å². The smallest absolute Gasteiger partial charge is 0.228 e. The van der Waals surface area contributed by atoms with E-state index in [9.17, 15) is 9.59 Å². The minimum atomic E-state index is -0.499. The molecule has 3 aliphatic rings. The average molecular weight is 388 g/mol. The van der Waals surface area contributed by atoms with Crippen molar-refractivity contribution < 1.29 is 23.8 Å². The van der Waals surface area contributed by atoms with Crippen LogP contribution in [0.15, 0.2) is 24.3 Å². The van der Waals surface area contributed by atoms with Crippen LogP contribution in [0.1, 0.15) is 33.1 Å². The molecule has 1 atom stereocenters. The summed E-state index contributed by atoms with van der Waals surface area (Å²) in [5.41, 5.74) is 0.738. The normalized spacial score (nSPS) is 24.4. The highest BCUT2D eigenvalue weighted by Crippen LogP contribution is 2.36. The van der Waals surface area contributed by atoms with Crippen molar-refractivity contribution in [2.75, 3.05) is 37.7 Å². The lowest BCUT2D eigenvalue weighted by Crippen LogP contribution is -2.49. The molecule has 3 fully saturated rings. The number of rotatable bonds is 4. The van der Waals surface area contributed by atoms with Gasteiger partial charge in [-0.15, -0.1) is 0 Å². The number of anilines is 1. The van der Waals surface area contributed by atoms with Gasteiger partial charge >= 0.3 is 0 Å². The second-order valence-electron chi connectivity index (χ2n) is 7.97. The molecule has 0 bridgehead atoms. The lowest BCUT2D eigenvalue weighted by Gasteiger charge is -2.38. The molecule has 152 valence electrons. The van der Waals surface area contributed by atoms with E-state index in [4.69, 9.17) is 14.2 Å². The molecule has 4 rings (SSSR count). The second kappa shape index (κ2) is 7.72. The molecule has 1 aromatic carbocycles. The fourth-order valence-corrected chi connectivity index (χ4v) is 4.25. The van der Waals surface area contributed by atoms with Crippen LogP contribution in [0.25, 0.3) is 0 Å². The molecule has 0 aromatic heterocycles. The number of carbonyl (C=O) groups excluding carboxylic acids is 2. The lowest BCUT2D eigenvalue weighted by atomic mass is 10.0. The van der Waals surface area contributed by atoms with Crippen LogP contribution in [-0.4, -0.2) is 61.5 Å². The van der Waals surface area contributed by atoms with E-state index in [1.807, 2.05) is 43.0 Å². The summed E-state index contributed by atoms with van der Waals surface area (Å²) in [7, 11) is 0. The maximum absolute atomic E-state index is 13.0. The van der Waals surface area contributed by atoms with E-state index in [1.165, 1.54) is 0 Å². The molecule has 0 radical (unpaired) electrons. The number of nitrogens with zero attached hydrogens (tertiary/aromatic N) is 2. The predicted molar refractivity (Wildman–Crippen MR) is 103 cm³/mol. The first-order chi connectivity index (χ1) is 13.5. The third-order valence-electron chi connectivity index (χ3n) is 5.64. The Kier molecular flexibility index (Phi) is 5.29. The maximum atomic E-state index is 13.0. The van der Waals surface area contributed by atoms with Gasteiger partial charge in [0.15, 0.2) is 5.79 Å². The standard InChI is InChI=1S/C21H28N2O5/c1-15(2)28-18-6-4-3-5-17(18)23-14-16(13-19(23)24)20(25)22-9-7-21(8-10-22)26-11-12-27-21/h3-6,15-16H,7-14H2,1-2H3. The Bertz CT molecular complexity index is 734. The molecule has 2 amide bonds. The summed E-state index contributed by atoms with van der Waals surface area (Å²) >= 11 is 0. The molecular weight excluding hydrogens is 360 g/mol. The van der Waals surface area contributed by atoms with Gasteiger partial charge in [0.05, 0.1) is 30.9 Å². The molecule has 7 nitrogen and oxygen atoms in total. The highest BCUT2D eigenvalue weighted by Gasteiger charge is 2.44. The van der Waals surface area contributed by atoms with Gasteiger partial charge in [-0.2, -0.15) is 0 Å². The number of benzene rings is 1. The highest BCUT2D eigenvalue weighted by molar-refractivity contribution is 6.01. The topological polar surface area (TPSA) is 68.3 Å². The average Bonchev–Trinajstić information content (AvgIpc) is 3.29. The molecule has 0 aliphatic carbocycles. The predicted octanol–water partition coefficient (Wildman–Crippen LogP) is 2.19. The third-order valence-corrected chi connectivity index (χ3v) is 5.64. The van der Waals surface area contributed by atoms with Crippen LogP contribution in [0.2, 0.25) is 0 Å². The van der Waals surface area contributed by atoms with Gasteiger partial charge in [-0.05, 0) is 26.0 Å². The summed E-state index contributed by atoms with van der Waals surface area (Å²) in [6.45, 7) is 6.76. The molecule has 3 aliphatic heterocycles. The highest BCUT2D eigenvalue weighted by atomic mass is 16.7. The number of ether oxygens (including phenoxy) is 3. The first-order valence-electron chi connectivity index (χ1n) is 10.1. The molecular formula is C21H28N2O5. The zero-order valence-electron chi connectivity index (χ0n) is 16.6. The Hall–Kier alpha value is -2.12. The summed E-state index contributed by atoms with van der Waals surface area (Å²) in [6, 6.07) is 7.52. The van der Waals surface area contributed by atoms with Crippen LogP contribution in [0.5, 0.6) is 5.75 Å². The first-order valence-corrected chi connectivity index (χ1v) is 10.1. The van der Waals surface area contributed by atoms with E-state index in [2.05, 4.69) is 0 Å². The van der Waals surface area contributed by atoms with E-state index < -0.39 is 5.79 Å². The van der Waals surface area contributed by atoms with Gasteiger partial charge in [0.25, 0.3) is 0 Å². The van der Waals surface area contributed by atoms with Crippen molar-refractivity contribution in [3.05, 3.63) is 24.3 Å². The van der Waals surface area contributed by atoms with E-state index >= 15 is 0 Å². The van der Waals surface area contributed by atoms with Crippen LogP contribution in [-0.2, 0) is 19.1 Å². The van der Waals surface area contributed by atoms with Gasteiger partial charge in [-0.25, -0.2) is 0 Å². The van der Waals surface area contributed by atoms with Gasteiger partial charge in [0, 0.05) is 38.9 Å². The van der Waals surface area contributed by atoms with E-state index in [1.54, 1.807) is 4.90 Å². The summed E-state index contributed by atoms with van der Waals surface area (Å²) in [6.07, 6.45) is 1.63. The van der Waals surface area contributed by atoms with Crippen molar-refractivity contribution in [2.24, 2.45) is 5.92 Å². The molecule has 28 heavy (non-hydrogen) atoms. The molecule has 1 spiro atoms. The van der Waals surface area contributed by atoms with Crippen LogP contribution >= 0.6 is 0 Å². The molecule has 3 saturated heterocycles. The molecule has 0 saturated carbocycles. The Morgan fingerprint density at radius 3 is 2.54 bits per heavy atom. The molecule has 1 aromatic rings. The Morgan fingerprint density at radius 1 is 1.18 bits per heavy atom. The summed E-state index contributed by atoms with van der Waals surface area (Å²) < 4.78 is 17.3. The first kappa shape index (κ1) is 19.2. The van der Waals surface area contributed by atoms with E-state index in [0.29, 0.717) is 51.4 Å². The Balaban J connectivity index is 1.42. The quantitative estimate of drug-likeness (QED) is 0.791. The summed E-state index contributed by atoms with van der Waals surface area (Å²) in [4.78, 5) is 29.2. The fraction of sp³-hybridized carbons (Fsp3) is 0.619. The van der Waals surface area contributed by atoms with Crippen molar-refractivity contribution in [2.45, 2.75) is 45.0 Å². The lowest BCUT2D eigenvalue weighted by molar-refractivity contribution is -0.188. The zero-order valence-corrected chi connectivity index (χ0v) is 16.6. The fourth-order valence-electron chi connectivity index (χ4n) is 4.25. The Labute approximate surface area is 165 Å². The monoisotopic (exact) mass is 388 g/mol. The van der Waals surface area contributed by atoms with Crippen molar-refractivity contribution >= 4 is 17.5 Å². The van der Waals surface area contributed by atoms with Crippen molar-refractivity contribution in [1.82, 2.24) is 4.90 Å². The largest absolute Gasteiger partial charge is 0.489 e. The third kappa shape index (κ3) is 3.73. The number of para-hydroxylation sites is 2. The van der Waals surface area contributed by atoms with Gasteiger partial charge in [-0.1, -0.05) is 12.1 Å². The van der Waals surface area contributed by atoms with E-state index in [-0.39, 0.29) is 30.3 Å². The zero-order chi connectivity index (χ0) is 19.7. The van der Waals surface area contributed by atoms with E-state index in [0.717, 1.165) is 5.69 Å². The number of hydrogen-bond donors (Lipinski definition) is 0. The molecule has 1 unspecified atom stereocenters. The summed E-state index contributed by atoms with van der Waals surface area (Å²) in [5.74, 6) is -0.130. The maximum Gasteiger partial charge on any atom is 0.228 e. The SMILES string of the molecule is CC(C)Oc1ccccc1N1CC(C(=O)N2CCC3(CC2)OCCO3)CC1=O. The van der Waals surface area contributed by atoms with Crippen LogP contribution in [0.4, 0.5) is 5.69 Å². The van der Waals surface area contributed by atoms with Crippen molar-refractivity contribution in [3.63, 3.8) is 0 Å². The van der Waals surface area contributed by atoms with Gasteiger partial charge < -0.3 is 24.0 Å². The molecule has 0 N–H and O–H groups in total. The van der Waals surface area contributed by atoms with Gasteiger partial charge in [-0.3, -0.25) is 9.59 Å². The number of carbonyl (C=O) groups is 2. The van der Waals surface area contributed by atoms with Gasteiger partial charge in [0.2, 0.25) is 11.8 Å². The number of likely N-dealkylation sites (tertiary alicyclic amines) is 1. The summed E-state index contributed by atoms with van der Waals surface area (Å²) in [5, 5.41) is 0. The van der Waals surface area contributed by atoms with Crippen molar-refractivity contribution in [3.8, 4) is 5.75 Å². The van der Waals surface area contributed by atoms with Crippen molar-refractivity contribution in [1.29, 1.82) is 0 Å². The van der Waals surface area contributed by atoms with Gasteiger partial charge in [0.1, 0.15) is 5.75 Å². The Morgan fingerprint density at radius 2 is 1.86 bits per heavy atom. The second-order valence-corrected chi connectivity index (χ2v) is 7.97. The van der Waals surface area contributed by atoms with Crippen LogP contribution < -0.4 is 9.64 Å². The molecule has 3 heterocycles. The number of hydrogen-bond acceptors (Lipinski definition) is 5.